The summed E-state index contributed by atoms with van der Waals surface area (Å²) in [4.78, 5) is 9.36. The lowest BCUT2D eigenvalue weighted by molar-refractivity contribution is 0.346. The number of hydrogen-bond acceptors (Lipinski definition) is 4. The summed E-state index contributed by atoms with van der Waals surface area (Å²) in [5, 5.41) is 3.41. The summed E-state index contributed by atoms with van der Waals surface area (Å²) in [7, 11) is 2.13. The van der Waals surface area contributed by atoms with Gasteiger partial charge in [0.25, 0.3) is 0 Å². The van der Waals surface area contributed by atoms with Gasteiger partial charge in [-0.3, -0.25) is 0 Å². The molecule has 1 N–H and O–H groups in total. The maximum atomic E-state index is 4.57. The number of likely N-dealkylation sites (tertiary alicyclic amines) is 1. The number of hydrogen-bond donors (Lipinski definition) is 1. The van der Waals surface area contributed by atoms with Crippen LogP contribution in [0.25, 0.3) is 0 Å². The summed E-state index contributed by atoms with van der Waals surface area (Å²) >= 11 is 0. The van der Waals surface area contributed by atoms with Crippen molar-refractivity contribution in [1.82, 2.24) is 15.2 Å². The summed E-state index contributed by atoms with van der Waals surface area (Å²) in [6, 6.07) is 4.81. The van der Waals surface area contributed by atoms with Crippen LogP contribution in [-0.4, -0.2) is 49.2 Å². The van der Waals surface area contributed by atoms with Gasteiger partial charge in [-0.2, -0.15) is 0 Å². The van der Waals surface area contributed by atoms with Gasteiger partial charge in [-0.05, 0) is 37.6 Å². The number of rotatable bonds is 7. The standard InChI is InChI=1S/C16H28N4/c1-14(2)17-12-15-6-7-16(18-13-15)19(3)10-11-20-8-4-5-9-20/h6-7,13-14,17H,4-5,8-12H2,1-3H3. The van der Waals surface area contributed by atoms with Crippen molar-refractivity contribution in [3.63, 3.8) is 0 Å². The van der Waals surface area contributed by atoms with Gasteiger partial charge in [0, 0.05) is 38.9 Å². The molecule has 4 nitrogen and oxygen atoms in total. The SMILES string of the molecule is CC(C)NCc1ccc(N(C)CCN2CCCC2)nc1. The maximum Gasteiger partial charge on any atom is 0.128 e. The Morgan fingerprint density at radius 3 is 2.65 bits per heavy atom. The molecule has 0 unspecified atom stereocenters. The van der Waals surface area contributed by atoms with Gasteiger partial charge in [-0.1, -0.05) is 19.9 Å². The third-order valence-corrected chi connectivity index (χ3v) is 3.86. The van der Waals surface area contributed by atoms with Gasteiger partial charge in [-0.25, -0.2) is 4.98 Å². The fraction of sp³-hybridized carbons (Fsp3) is 0.688. The Kier molecular flexibility index (Phi) is 5.80. The summed E-state index contributed by atoms with van der Waals surface area (Å²) in [6.45, 7) is 9.94. The Labute approximate surface area is 123 Å². The normalized spacial score (nSPS) is 16.0. The van der Waals surface area contributed by atoms with Gasteiger partial charge in [-0.15, -0.1) is 0 Å². The molecule has 0 atom stereocenters. The Hall–Kier alpha value is -1.13. The second-order valence-corrected chi connectivity index (χ2v) is 6.03. The van der Waals surface area contributed by atoms with Gasteiger partial charge in [0.1, 0.15) is 5.82 Å². The first-order valence-corrected chi connectivity index (χ1v) is 7.77. The van der Waals surface area contributed by atoms with Crippen LogP contribution in [-0.2, 0) is 6.54 Å². The molecule has 2 rings (SSSR count). The average Bonchev–Trinajstić information content (AvgIpc) is 2.96. The molecule has 0 amide bonds. The summed E-state index contributed by atoms with van der Waals surface area (Å²) in [6.07, 6.45) is 4.70. The highest BCUT2D eigenvalue weighted by molar-refractivity contribution is 5.38. The van der Waals surface area contributed by atoms with Gasteiger partial charge in [0.05, 0.1) is 0 Å². The van der Waals surface area contributed by atoms with E-state index in [1.165, 1.54) is 31.5 Å². The van der Waals surface area contributed by atoms with Crippen molar-refractivity contribution in [2.45, 2.75) is 39.3 Å². The molecule has 0 spiro atoms. The molecule has 2 heterocycles. The highest BCUT2D eigenvalue weighted by atomic mass is 15.2. The van der Waals surface area contributed by atoms with E-state index >= 15 is 0 Å². The monoisotopic (exact) mass is 276 g/mol. The minimum Gasteiger partial charge on any atom is -0.358 e. The predicted molar refractivity (Wildman–Crippen MR) is 85.2 cm³/mol. The van der Waals surface area contributed by atoms with Crippen LogP contribution in [0.2, 0.25) is 0 Å². The zero-order chi connectivity index (χ0) is 14.4. The topological polar surface area (TPSA) is 31.4 Å². The summed E-state index contributed by atoms with van der Waals surface area (Å²) < 4.78 is 0. The average molecular weight is 276 g/mol. The van der Waals surface area contributed by atoms with Crippen LogP contribution in [0.15, 0.2) is 18.3 Å². The van der Waals surface area contributed by atoms with E-state index in [1.807, 2.05) is 6.20 Å². The molecule has 112 valence electrons. The number of pyridine rings is 1. The Morgan fingerprint density at radius 2 is 2.05 bits per heavy atom. The maximum absolute atomic E-state index is 4.57. The van der Waals surface area contributed by atoms with Crippen LogP contribution in [0.1, 0.15) is 32.3 Å². The van der Waals surface area contributed by atoms with Crippen LogP contribution in [0, 0.1) is 0 Å². The van der Waals surface area contributed by atoms with E-state index in [9.17, 15) is 0 Å². The van der Waals surface area contributed by atoms with Gasteiger partial charge in [0.2, 0.25) is 0 Å². The molecule has 1 aliphatic heterocycles. The molecule has 1 fully saturated rings. The molecule has 0 bridgehead atoms. The Balaban J connectivity index is 1.78. The smallest absolute Gasteiger partial charge is 0.128 e. The molecule has 4 heteroatoms. The van der Waals surface area contributed by atoms with Crippen molar-refractivity contribution in [2.75, 3.05) is 38.1 Å². The minimum absolute atomic E-state index is 0.512. The first-order valence-electron chi connectivity index (χ1n) is 7.77. The van der Waals surface area contributed by atoms with E-state index in [-0.39, 0.29) is 0 Å². The van der Waals surface area contributed by atoms with Crippen LogP contribution in [0.4, 0.5) is 5.82 Å². The number of nitrogens with zero attached hydrogens (tertiary/aromatic N) is 3. The summed E-state index contributed by atoms with van der Waals surface area (Å²) in [5.74, 6) is 1.07. The van der Waals surface area contributed by atoms with E-state index in [0.29, 0.717) is 6.04 Å². The second kappa shape index (κ2) is 7.60. The highest BCUT2D eigenvalue weighted by Crippen LogP contribution is 2.11. The van der Waals surface area contributed by atoms with Crippen molar-refractivity contribution in [1.29, 1.82) is 0 Å². The van der Waals surface area contributed by atoms with Gasteiger partial charge in [0.15, 0.2) is 0 Å². The molecule has 0 aromatic carbocycles. The van der Waals surface area contributed by atoms with E-state index in [2.05, 4.69) is 53.1 Å². The Bertz CT molecular complexity index is 382. The van der Waals surface area contributed by atoms with Crippen molar-refractivity contribution >= 4 is 5.82 Å². The molecule has 1 aliphatic rings. The lowest BCUT2D eigenvalue weighted by Gasteiger charge is -2.22. The summed E-state index contributed by atoms with van der Waals surface area (Å²) in [5.41, 5.74) is 1.25. The van der Waals surface area contributed by atoms with Crippen molar-refractivity contribution in [3.8, 4) is 0 Å². The van der Waals surface area contributed by atoms with Crippen LogP contribution in [0.5, 0.6) is 0 Å². The number of nitrogens with one attached hydrogen (secondary N) is 1. The third-order valence-electron chi connectivity index (χ3n) is 3.86. The molecular formula is C16H28N4. The van der Waals surface area contributed by atoms with E-state index in [1.54, 1.807) is 0 Å². The first kappa shape index (κ1) is 15.3. The molecule has 0 radical (unpaired) electrons. The van der Waals surface area contributed by atoms with Crippen LogP contribution >= 0.6 is 0 Å². The Morgan fingerprint density at radius 1 is 1.30 bits per heavy atom. The van der Waals surface area contributed by atoms with Crippen LogP contribution in [0.3, 0.4) is 0 Å². The highest BCUT2D eigenvalue weighted by Gasteiger charge is 2.12. The van der Waals surface area contributed by atoms with Crippen molar-refractivity contribution < 1.29 is 0 Å². The zero-order valence-electron chi connectivity index (χ0n) is 13.1. The van der Waals surface area contributed by atoms with E-state index in [4.69, 9.17) is 0 Å². The van der Waals surface area contributed by atoms with Crippen molar-refractivity contribution in [2.24, 2.45) is 0 Å². The first-order chi connectivity index (χ1) is 9.65. The predicted octanol–water partition coefficient (Wildman–Crippen LogP) is 2.11. The van der Waals surface area contributed by atoms with E-state index < -0.39 is 0 Å². The minimum atomic E-state index is 0.512. The fourth-order valence-corrected chi connectivity index (χ4v) is 2.48. The molecule has 0 aliphatic carbocycles. The second-order valence-electron chi connectivity index (χ2n) is 6.03. The lowest BCUT2D eigenvalue weighted by atomic mass is 10.2. The van der Waals surface area contributed by atoms with Crippen molar-refractivity contribution in [3.05, 3.63) is 23.9 Å². The molecule has 1 saturated heterocycles. The van der Waals surface area contributed by atoms with Gasteiger partial charge < -0.3 is 15.1 Å². The lowest BCUT2D eigenvalue weighted by Crippen LogP contribution is -2.31. The zero-order valence-corrected chi connectivity index (χ0v) is 13.1. The fourth-order valence-electron chi connectivity index (χ4n) is 2.48. The van der Waals surface area contributed by atoms with Crippen LogP contribution < -0.4 is 10.2 Å². The molecule has 0 saturated carbocycles. The number of likely N-dealkylation sites (N-methyl/N-ethyl adjacent to an activating group) is 1. The molecule has 20 heavy (non-hydrogen) atoms. The largest absolute Gasteiger partial charge is 0.358 e. The molecular weight excluding hydrogens is 248 g/mol. The number of aromatic nitrogens is 1. The quantitative estimate of drug-likeness (QED) is 0.826. The third kappa shape index (κ3) is 4.76. The van der Waals surface area contributed by atoms with Gasteiger partial charge >= 0.3 is 0 Å². The van der Waals surface area contributed by atoms with E-state index in [0.717, 1.165) is 25.5 Å². The molecule has 1 aromatic rings. The number of anilines is 1. The molecule has 1 aromatic heterocycles.